The highest BCUT2D eigenvalue weighted by Crippen LogP contribution is 2.25. The maximum absolute atomic E-state index is 13.9. The minimum Gasteiger partial charge on any atom is -0.337 e. The van der Waals surface area contributed by atoms with E-state index in [0.717, 1.165) is 12.5 Å². The molecule has 1 N–H and O–H groups in total. The Bertz CT molecular complexity index is 746. The van der Waals surface area contributed by atoms with Crippen molar-refractivity contribution in [2.75, 3.05) is 6.54 Å². The Morgan fingerprint density at radius 3 is 2.83 bits per heavy atom. The standard InChI is InChI=1S/C18H20F2N2OS/c1-11(15-4-3-14(19)9-16(15)20)21-12(2)18(23)22-7-5-17-13(10-22)6-8-24-17/h3-4,6,8-9,11-12,21H,5,7,10H2,1-2H3. The van der Waals surface area contributed by atoms with E-state index < -0.39 is 17.7 Å². The van der Waals surface area contributed by atoms with Gasteiger partial charge in [-0.2, -0.15) is 0 Å². The molecular formula is C18H20F2N2OS. The van der Waals surface area contributed by atoms with Crippen molar-refractivity contribution >= 4 is 17.2 Å². The third-order valence-electron chi connectivity index (χ3n) is 4.42. The number of fused-ring (bicyclic) bond motifs is 1. The quantitative estimate of drug-likeness (QED) is 0.913. The van der Waals surface area contributed by atoms with Crippen molar-refractivity contribution in [2.45, 2.75) is 38.9 Å². The van der Waals surface area contributed by atoms with E-state index in [9.17, 15) is 13.6 Å². The molecule has 0 saturated heterocycles. The van der Waals surface area contributed by atoms with Gasteiger partial charge in [-0.3, -0.25) is 10.1 Å². The fourth-order valence-electron chi connectivity index (χ4n) is 3.10. The Hall–Kier alpha value is -1.79. The second-order valence-electron chi connectivity index (χ2n) is 6.15. The molecule has 1 amide bonds. The first-order valence-corrected chi connectivity index (χ1v) is 8.88. The van der Waals surface area contributed by atoms with Crippen LogP contribution >= 0.6 is 11.3 Å². The molecule has 0 aliphatic carbocycles. The van der Waals surface area contributed by atoms with Gasteiger partial charge in [0.2, 0.25) is 5.91 Å². The van der Waals surface area contributed by atoms with Crippen molar-refractivity contribution < 1.29 is 13.6 Å². The largest absolute Gasteiger partial charge is 0.337 e. The lowest BCUT2D eigenvalue weighted by atomic mass is 10.1. The lowest BCUT2D eigenvalue weighted by Gasteiger charge is -2.31. The van der Waals surface area contributed by atoms with E-state index in [1.165, 1.54) is 22.6 Å². The second-order valence-corrected chi connectivity index (χ2v) is 7.16. The smallest absolute Gasteiger partial charge is 0.239 e. The van der Waals surface area contributed by atoms with Crippen molar-refractivity contribution in [3.05, 3.63) is 57.3 Å². The maximum atomic E-state index is 13.9. The minimum atomic E-state index is -0.604. The molecule has 128 valence electrons. The number of nitrogens with one attached hydrogen (secondary N) is 1. The molecule has 1 aliphatic heterocycles. The summed E-state index contributed by atoms with van der Waals surface area (Å²) >= 11 is 1.73. The van der Waals surface area contributed by atoms with Crippen LogP contribution in [-0.2, 0) is 17.8 Å². The summed E-state index contributed by atoms with van der Waals surface area (Å²) in [4.78, 5) is 15.8. The molecule has 2 unspecified atom stereocenters. The van der Waals surface area contributed by atoms with Gasteiger partial charge in [0.1, 0.15) is 11.6 Å². The number of rotatable bonds is 4. The molecule has 0 bridgehead atoms. The summed E-state index contributed by atoms with van der Waals surface area (Å²) in [5.41, 5.74) is 1.57. The molecule has 0 radical (unpaired) electrons. The van der Waals surface area contributed by atoms with Crippen molar-refractivity contribution in [3.63, 3.8) is 0 Å². The van der Waals surface area contributed by atoms with Crippen molar-refractivity contribution in [2.24, 2.45) is 0 Å². The van der Waals surface area contributed by atoms with E-state index in [-0.39, 0.29) is 11.9 Å². The molecule has 2 atom stereocenters. The SMILES string of the molecule is CC(NC(C)c1ccc(F)cc1F)C(=O)N1CCc2sccc2C1. The average Bonchev–Trinajstić information content (AvgIpc) is 3.01. The summed E-state index contributed by atoms with van der Waals surface area (Å²) in [6.45, 7) is 4.89. The van der Waals surface area contributed by atoms with Crippen LogP contribution in [0.3, 0.4) is 0 Å². The van der Waals surface area contributed by atoms with Crippen LogP contribution in [0.25, 0.3) is 0 Å². The van der Waals surface area contributed by atoms with E-state index in [2.05, 4.69) is 16.8 Å². The van der Waals surface area contributed by atoms with Crippen LogP contribution in [0.1, 0.15) is 35.9 Å². The molecule has 24 heavy (non-hydrogen) atoms. The predicted octanol–water partition coefficient (Wildman–Crippen LogP) is 3.65. The zero-order chi connectivity index (χ0) is 17.3. The molecule has 1 aromatic carbocycles. The molecule has 3 nitrogen and oxygen atoms in total. The van der Waals surface area contributed by atoms with Gasteiger partial charge >= 0.3 is 0 Å². The topological polar surface area (TPSA) is 32.3 Å². The number of carbonyl (C=O) groups excluding carboxylic acids is 1. The van der Waals surface area contributed by atoms with E-state index in [1.807, 2.05) is 4.90 Å². The first kappa shape index (κ1) is 17.0. The molecule has 0 fully saturated rings. The Balaban J connectivity index is 1.64. The number of halogens is 2. The van der Waals surface area contributed by atoms with Crippen LogP contribution in [-0.4, -0.2) is 23.4 Å². The number of thiophene rings is 1. The van der Waals surface area contributed by atoms with Crippen LogP contribution in [0.5, 0.6) is 0 Å². The van der Waals surface area contributed by atoms with Gasteiger partial charge in [-0.05, 0) is 43.3 Å². The fraction of sp³-hybridized carbons (Fsp3) is 0.389. The van der Waals surface area contributed by atoms with Crippen molar-refractivity contribution in [1.82, 2.24) is 10.2 Å². The molecule has 1 aliphatic rings. The third-order valence-corrected chi connectivity index (χ3v) is 5.44. The molecule has 0 saturated carbocycles. The van der Waals surface area contributed by atoms with E-state index in [4.69, 9.17) is 0 Å². The molecule has 2 aromatic rings. The third kappa shape index (κ3) is 3.49. The minimum absolute atomic E-state index is 0.00113. The zero-order valence-corrected chi connectivity index (χ0v) is 14.5. The highest BCUT2D eigenvalue weighted by molar-refractivity contribution is 7.10. The molecular weight excluding hydrogens is 330 g/mol. The Labute approximate surface area is 144 Å². The van der Waals surface area contributed by atoms with Gasteiger partial charge in [-0.1, -0.05) is 6.07 Å². The monoisotopic (exact) mass is 350 g/mol. The highest BCUT2D eigenvalue weighted by Gasteiger charge is 2.26. The number of hydrogen-bond acceptors (Lipinski definition) is 3. The summed E-state index contributed by atoms with van der Waals surface area (Å²) in [6.07, 6.45) is 0.883. The van der Waals surface area contributed by atoms with E-state index in [0.29, 0.717) is 18.7 Å². The number of nitrogens with zero attached hydrogens (tertiary/aromatic N) is 1. The van der Waals surface area contributed by atoms with Crippen molar-refractivity contribution in [1.29, 1.82) is 0 Å². The normalized spacial score (nSPS) is 16.6. The summed E-state index contributed by atoms with van der Waals surface area (Å²) in [6, 6.07) is 4.75. The van der Waals surface area contributed by atoms with Gasteiger partial charge in [0, 0.05) is 35.6 Å². The van der Waals surface area contributed by atoms with E-state index >= 15 is 0 Å². The number of carbonyl (C=O) groups is 1. The van der Waals surface area contributed by atoms with Crippen LogP contribution < -0.4 is 5.32 Å². The second kappa shape index (κ2) is 6.99. The Kier molecular flexibility index (Phi) is 4.96. The van der Waals surface area contributed by atoms with Gasteiger partial charge in [-0.25, -0.2) is 8.78 Å². The Morgan fingerprint density at radius 2 is 2.08 bits per heavy atom. The first-order valence-electron chi connectivity index (χ1n) is 8.00. The molecule has 6 heteroatoms. The zero-order valence-electron chi connectivity index (χ0n) is 13.7. The molecule has 0 spiro atoms. The van der Waals surface area contributed by atoms with Crippen LogP contribution in [0, 0.1) is 11.6 Å². The van der Waals surface area contributed by atoms with Gasteiger partial charge in [0.25, 0.3) is 0 Å². The van der Waals surface area contributed by atoms with Crippen LogP contribution in [0.15, 0.2) is 29.6 Å². The molecule has 3 rings (SSSR count). The van der Waals surface area contributed by atoms with Crippen molar-refractivity contribution in [3.8, 4) is 0 Å². The van der Waals surface area contributed by atoms with Gasteiger partial charge in [-0.15, -0.1) is 11.3 Å². The summed E-state index contributed by atoms with van der Waals surface area (Å²) in [7, 11) is 0. The molecule has 1 aromatic heterocycles. The van der Waals surface area contributed by atoms with E-state index in [1.54, 1.807) is 25.2 Å². The first-order chi connectivity index (χ1) is 11.5. The maximum Gasteiger partial charge on any atom is 0.239 e. The molecule has 2 heterocycles. The number of benzene rings is 1. The Morgan fingerprint density at radius 1 is 1.29 bits per heavy atom. The number of hydrogen-bond donors (Lipinski definition) is 1. The van der Waals surface area contributed by atoms with Gasteiger partial charge in [0.15, 0.2) is 0 Å². The van der Waals surface area contributed by atoms with Crippen LogP contribution in [0.4, 0.5) is 8.78 Å². The summed E-state index contributed by atoms with van der Waals surface area (Å²) in [5.74, 6) is -1.20. The summed E-state index contributed by atoms with van der Waals surface area (Å²) < 4.78 is 26.9. The lowest BCUT2D eigenvalue weighted by Crippen LogP contribution is -2.47. The fourth-order valence-corrected chi connectivity index (χ4v) is 3.99. The average molecular weight is 350 g/mol. The van der Waals surface area contributed by atoms with Crippen LogP contribution in [0.2, 0.25) is 0 Å². The lowest BCUT2D eigenvalue weighted by molar-refractivity contribution is -0.134. The highest BCUT2D eigenvalue weighted by atomic mass is 32.1. The van der Waals surface area contributed by atoms with Gasteiger partial charge < -0.3 is 4.90 Å². The summed E-state index contributed by atoms with van der Waals surface area (Å²) in [5, 5.41) is 5.18. The van der Waals surface area contributed by atoms with Gasteiger partial charge in [0.05, 0.1) is 6.04 Å². The predicted molar refractivity (Wildman–Crippen MR) is 90.8 cm³/mol. The number of amides is 1.